The fourth-order valence-electron chi connectivity index (χ4n) is 3.47. The number of nitrogens with zero attached hydrogens (tertiary/aromatic N) is 1. The minimum absolute atomic E-state index is 0.370. The van der Waals surface area contributed by atoms with Crippen LogP contribution in [0.3, 0.4) is 0 Å². The van der Waals surface area contributed by atoms with Crippen molar-refractivity contribution in [2.24, 2.45) is 4.99 Å². The van der Waals surface area contributed by atoms with Crippen LogP contribution in [0.5, 0.6) is 0 Å². The number of guanidine groups is 1. The van der Waals surface area contributed by atoms with E-state index in [-0.39, 0.29) is 0 Å². The van der Waals surface area contributed by atoms with Gasteiger partial charge in [0.05, 0.1) is 24.8 Å². The Hall–Kier alpha value is -1.55. The summed E-state index contributed by atoms with van der Waals surface area (Å²) in [7, 11) is 0. The highest BCUT2D eigenvalue weighted by Gasteiger charge is 2.41. The largest absolute Gasteiger partial charge is 0.373 e. The van der Waals surface area contributed by atoms with Crippen molar-refractivity contribution in [2.45, 2.75) is 64.8 Å². The zero-order valence-electron chi connectivity index (χ0n) is 13.9. The van der Waals surface area contributed by atoms with Gasteiger partial charge in [0.25, 0.3) is 0 Å². The zero-order valence-corrected chi connectivity index (χ0v) is 13.9. The second kappa shape index (κ2) is 6.69. The van der Waals surface area contributed by atoms with Crippen molar-refractivity contribution >= 4 is 5.96 Å². The van der Waals surface area contributed by atoms with E-state index in [0.29, 0.717) is 24.8 Å². The molecular weight excluding hydrogens is 274 g/mol. The lowest BCUT2D eigenvalue weighted by molar-refractivity contribution is 0.0992. The van der Waals surface area contributed by atoms with E-state index in [1.54, 1.807) is 0 Å². The van der Waals surface area contributed by atoms with Crippen LogP contribution in [-0.4, -0.2) is 30.8 Å². The highest BCUT2D eigenvalue weighted by molar-refractivity contribution is 5.80. The van der Waals surface area contributed by atoms with Crippen molar-refractivity contribution in [1.29, 1.82) is 0 Å². The lowest BCUT2D eigenvalue weighted by atomic mass is 9.96. The number of rotatable bonds is 4. The number of aliphatic imine (C=N–C) groups is 1. The van der Waals surface area contributed by atoms with Crippen LogP contribution in [0.15, 0.2) is 23.2 Å². The van der Waals surface area contributed by atoms with Crippen LogP contribution in [0, 0.1) is 13.8 Å². The summed E-state index contributed by atoms with van der Waals surface area (Å²) in [5, 5.41) is 6.92. The van der Waals surface area contributed by atoms with E-state index in [2.05, 4.69) is 49.6 Å². The molecule has 0 aromatic heterocycles. The van der Waals surface area contributed by atoms with Gasteiger partial charge in [-0.1, -0.05) is 23.8 Å². The first-order valence-corrected chi connectivity index (χ1v) is 8.42. The van der Waals surface area contributed by atoms with Crippen LogP contribution < -0.4 is 10.6 Å². The first kappa shape index (κ1) is 15.3. The Balaban J connectivity index is 1.65. The topological polar surface area (TPSA) is 45.7 Å². The summed E-state index contributed by atoms with van der Waals surface area (Å²) < 4.78 is 5.91. The Morgan fingerprint density at radius 2 is 2.18 bits per heavy atom. The van der Waals surface area contributed by atoms with Gasteiger partial charge in [-0.3, -0.25) is 0 Å². The second-order valence-corrected chi connectivity index (χ2v) is 6.49. The molecule has 2 heterocycles. The average molecular weight is 301 g/mol. The molecule has 2 saturated heterocycles. The molecule has 0 saturated carbocycles. The van der Waals surface area contributed by atoms with Crippen LogP contribution in [0.1, 0.15) is 42.9 Å². The van der Waals surface area contributed by atoms with Crippen LogP contribution >= 0.6 is 0 Å². The molecule has 2 bridgehead atoms. The van der Waals surface area contributed by atoms with Crippen molar-refractivity contribution in [2.75, 3.05) is 6.54 Å². The SMILES string of the molecule is CCNC(=NCc1ccc(C)cc1C)NC1CC2CCC1O2. The van der Waals surface area contributed by atoms with E-state index >= 15 is 0 Å². The Labute approximate surface area is 133 Å². The van der Waals surface area contributed by atoms with E-state index in [4.69, 9.17) is 9.73 Å². The Kier molecular flexibility index (Phi) is 4.67. The molecule has 22 heavy (non-hydrogen) atoms. The summed E-state index contributed by atoms with van der Waals surface area (Å²) in [5.74, 6) is 0.906. The molecule has 3 atom stereocenters. The Bertz CT molecular complexity index is 555. The molecule has 3 unspecified atom stereocenters. The maximum atomic E-state index is 5.91. The third kappa shape index (κ3) is 3.43. The number of nitrogens with one attached hydrogen (secondary N) is 2. The van der Waals surface area contributed by atoms with Crippen molar-refractivity contribution in [3.05, 3.63) is 34.9 Å². The van der Waals surface area contributed by atoms with E-state index in [1.807, 2.05) is 0 Å². The molecule has 2 aliphatic heterocycles. The second-order valence-electron chi connectivity index (χ2n) is 6.49. The maximum Gasteiger partial charge on any atom is 0.191 e. The predicted octanol–water partition coefficient (Wildman–Crippen LogP) is 2.68. The minimum atomic E-state index is 0.370. The van der Waals surface area contributed by atoms with Gasteiger partial charge in [-0.05, 0) is 51.2 Å². The van der Waals surface area contributed by atoms with Crippen LogP contribution in [0.4, 0.5) is 0 Å². The fourth-order valence-corrected chi connectivity index (χ4v) is 3.47. The molecular formula is C18H27N3O. The van der Waals surface area contributed by atoms with E-state index in [1.165, 1.54) is 29.5 Å². The number of hydrogen-bond acceptors (Lipinski definition) is 2. The first-order valence-electron chi connectivity index (χ1n) is 8.42. The number of hydrogen-bond donors (Lipinski definition) is 2. The third-order valence-corrected chi connectivity index (χ3v) is 4.68. The van der Waals surface area contributed by atoms with Gasteiger partial charge in [0.1, 0.15) is 0 Å². The van der Waals surface area contributed by atoms with Crippen molar-refractivity contribution in [3.8, 4) is 0 Å². The van der Waals surface area contributed by atoms with Gasteiger partial charge in [0.15, 0.2) is 5.96 Å². The normalized spacial score (nSPS) is 27.2. The number of benzene rings is 1. The smallest absolute Gasteiger partial charge is 0.191 e. The quantitative estimate of drug-likeness (QED) is 0.664. The van der Waals surface area contributed by atoms with Gasteiger partial charge in [0, 0.05) is 6.54 Å². The number of aryl methyl sites for hydroxylation is 2. The lowest BCUT2D eigenvalue weighted by Gasteiger charge is -2.22. The van der Waals surface area contributed by atoms with Crippen molar-refractivity contribution in [1.82, 2.24) is 10.6 Å². The Morgan fingerprint density at radius 1 is 1.32 bits per heavy atom. The molecule has 0 radical (unpaired) electrons. The molecule has 4 heteroatoms. The van der Waals surface area contributed by atoms with Gasteiger partial charge in [-0.25, -0.2) is 4.99 Å². The molecule has 3 rings (SSSR count). The molecule has 0 spiro atoms. The van der Waals surface area contributed by atoms with Crippen LogP contribution in [0.25, 0.3) is 0 Å². The molecule has 4 nitrogen and oxygen atoms in total. The Morgan fingerprint density at radius 3 is 2.82 bits per heavy atom. The molecule has 1 aromatic rings. The molecule has 2 fully saturated rings. The summed E-state index contributed by atoms with van der Waals surface area (Å²) >= 11 is 0. The molecule has 0 amide bonds. The van der Waals surface area contributed by atoms with Gasteiger partial charge in [-0.2, -0.15) is 0 Å². The third-order valence-electron chi connectivity index (χ3n) is 4.68. The summed E-state index contributed by atoms with van der Waals surface area (Å²) in [6, 6.07) is 6.96. The molecule has 2 aliphatic rings. The summed E-state index contributed by atoms with van der Waals surface area (Å²) in [5.41, 5.74) is 3.89. The summed E-state index contributed by atoms with van der Waals surface area (Å²) in [6.45, 7) is 7.97. The van der Waals surface area contributed by atoms with Crippen LogP contribution in [0.2, 0.25) is 0 Å². The molecule has 1 aromatic carbocycles. The minimum Gasteiger partial charge on any atom is -0.373 e. The standard InChI is InChI=1S/C18H27N3O/c1-4-19-18(21-16-10-15-7-8-17(16)22-15)20-11-14-6-5-12(2)9-13(14)3/h5-6,9,15-17H,4,7-8,10-11H2,1-3H3,(H2,19,20,21). The maximum absolute atomic E-state index is 5.91. The lowest BCUT2D eigenvalue weighted by Crippen LogP contribution is -2.47. The van der Waals surface area contributed by atoms with Gasteiger partial charge >= 0.3 is 0 Å². The highest BCUT2D eigenvalue weighted by Crippen LogP contribution is 2.34. The van der Waals surface area contributed by atoms with E-state index in [0.717, 1.165) is 18.9 Å². The zero-order chi connectivity index (χ0) is 15.5. The summed E-state index contributed by atoms with van der Waals surface area (Å²) in [6.07, 6.45) is 4.34. The van der Waals surface area contributed by atoms with Crippen LogP contribution in [-0.2, 0) is 11.3 Å². The number of ether oxygens (including phenoxy) is 1. The molecule has 2 N–H and O–H groups in total. The predicted molar refractivity (Wildman–Crippen MR) is 90.2 cm³/mol. The van der Waals surface area contributed by atoms with Crippen molar-refractivity contribution < 1.29 is 4.74 Å². The average Bonchev–Trinajstić information content (AvgIpc) is 3.09. The molecule has 120 valence electrons. The van der Waals surface area contributed by atoms with Gasteiger partial charge < -0.3 is 15.4 Å². The van der Waals surface area contributed by atoms with Gasteiger partial charge in [0.2, 0.25) is 0 Å². The van der Waals surface area contributed by atoms with Gasteiger partial charge in [-0.15, -0.1) is 0 Å². The van der Waals surface area contributed by atoms with Crippen molar-refractivity contribution in [3.63, 3.8) is 0 Å². The first-order chi connectivity index (χ1) is 10.7. The fraction of sp³-hybridized carbons (Fsp3) is 0.611. The molecule has 0 aliphatic carbocycles. The highest BCUT2D eigenvalue weighted by atomic mass is 16.5. The monoisotopic (exact) mass is 301 g/mol. The van der Waals surface area contributed by atoms with E-state index < -0.39 is 0 Å². The summed E-state index contributed by atoms with van der Waals surface area (Å²) in [4.78, 5) is 4.76. The van der Waals surface area contributed by atoms with E-state index in [9.17, 15) is 0 Å². The number of fused-ring (bicyclic) bond motifs is 2.